The molecule has 19 heteroatoms. The average Bonchev–Trinajstić information content (AvgIpc) is 3.36. The Hall–Kier alpha value is -4.17. The number of nitrogens with one attached hydrogen (secondary N) is 1. The third kappa shape index (κ3) is 26.9. The number of rotatable bonds is 15. The van der Waals surface area contributed by atoms with Crippen LogP contribution in [0.15, 0.2) is 12.5 Å². The van der Waals surface area contributed by atoms with E-state index in [1.165, 1.54) is 6.33 Å². The van der Waals surface area contributed by atoms with Crippen molar-refractivity contribution >= 4 is 35.8 Å². The van der Waals surface area contributed by atoms with E-state index >= 15 is 0 Å². The third-order valence-electron chi connectivity index (χ3n) is 4.30. The number of imidazole rings is 1. The lowest BCUT2D eigenvalue weighted by molar-refractivity contribution is -0.144. The monoisotopic (exact) mass is 581 g/mol. The highest BCUT2D eigenvalue weighted by molar-refractivity contribution is 5.80. The number of carbonyl (C=O) groups is 6. The molecular formula is C21H39N7O12. The molecule has 0 saturated heterocycles. The Morgan fingerprint density at radius 1 is 0.700 bits per heavy atom. The van der Waals surface area contributed by atoms with Gasteiger partial charge in [-0.05, 0) is 25.8 Å². The van der Waals surface area contributed by atoms with Crippen LogP contribution in [0.25, 0.3) is 0 Å². The van der Waals surface area contributed by atoms with Gasteiger partial charge in [-0.25, -0.2) is 4.98 Å². The van der Waals surface area contributed by atoms with E-state index in [1.54, 1.807) is 6.20 Å². The number of nitrogens with zero attached hydrogens (tertiary/aromatic N) is 1. The van der Waals surface area contributed by atoms with Gasteiger partial charge in [-0.3, -0.25) is 28.8 Å². The molecule has 0 aliphatic heterocycles. The predicted octanol–water partition coefficient (Wildman–Crippen LogP) is -2.97. The Balaban J connectivity index is -0.000000458. The van der Waals surface area contributed by atoms with Crippen LogP contribution in [-0.4, -0.2) is 107 Å². The third-order valence-corrected chi connectivity index (χ3v) is 4.30. The van der Waals surface area contributed by atoms with Gasteiger partial charge in [0.25, 0.3) is 0 Å². The minimum Gasteiger partial charge on any atom is -0.481 e. The van der Waals surface area contributed by atoms with Crippen molar-refractivity contribution in [2.75, 3.05) is 6.54 Å². The average molecular weight is 582 g/mol. The first kappa shape index (κ1) is 40.3. The standard InChI is InChI=1S/C6H9N3O2.C6H14N2O2.C5H9NO4.C4H7NO4/c7-5(6(10)11)1-4-2-8-3-9-4;7-4-2-1-3-5(8)6(9)10;6-3(5(9)10)1-2-4(7)8;5-2(4(8)9)1-3(6)7/h2-3,5H,1,7H2,(H,8,9)(H,10,11);5H,1-4,7-8H2,(H,9,10);3H,1-2,6H2,(H,7,8)(H,9,10);2H,1,5H2,(H,6,7)(H,8,9)/t2*5-;3-;2-/m0000/s1. The summed E-state index contributed by atoms with van der Waals surface area (Å²) in [6.45, 7) is 0.604. The fourth-order valence-corrected chi connectivity index (χ4v) is 2.03. The highest BCUT2D eigenvalue weighted by atomic mass is 16.4. The van der Waals surface area contributed by atoms with E-state index in [-0.39, 0.29) is 19.3 Å². The maximum Gasteiger partial charge on any atom is 0.321 e. The molecule has 0 bridgehead atoms. The first-order chi connectivity index (χ1) is 18.5. The molecule has 230 valence electrons. The highest BCUT2D eigenvalue weighted by Gasteiger charge is 2.15. The lowest BCUT2D eigenvalue weighted by Crippen LogP contribution is -2.32. The van der Waals surface area contributed by atoms with E-state index in [2.05, 4.69) is 9.97 Å². The number of carboxylic acid groups (broad SMARTS) is 6. The summed E-state index contributed by atoms with van der Waals surface area (Å²) >= 11 is 0. The summed E-state index contributed by atoms with van der Waals surface area (Å²) in [5, 5.41) is 49.1. The molecular weight excluding hydrogens is 542 g/mol. The lowest BCUT2D eigenvalue weighted by atomic mass is 10.1. The van der Waals surface area contributed by atoms with E-state index in [1.807, 2.05) is 0 Å². The van der Waals surface area contributed by atoms with Gasteiger partial charge < -0.3 is 64.3 Å². The summed E-state index contributed by atoms with van der Waals surface area (Å²) < 4.78 is 0. The topological polar surface area (TPSA) is 383 Å². The van der Waals surface area contributed by atoms with Crippen molar-refractivity contribution in [3.8, 4) is 0 Å². The molecule has 0 aliphatic rings. The number of unbranched alkanes of at least 4 members (excludes halogenated alkanes) is 1. The normalized spacial score (nSPS) is 12.7. The molecule has 0 fully saturated rings. The van der Waals surface area contributed by atoms with Gasteiger partial charge in [-0.1, -0.05) is 6.42 Å². The zero-order valence-corrected chi connectivity index (χ0v) is 21.6. The number of hydrogen-bond donors (Lipinski definition) is 12. The fourth-order valence-electron chi connectivity index (χ4n) is 2.03. The molecule has 40 heavy (non-hydrogen) atoms. The number of hydrogen-bond acceptors (Lipinski definition) is 12. The minimum atomic E-state index is -1.29. The van der Waals surface area contributed by atoms with Gasteiger partial charge in [0.2, 0.25) is 0 Å². The van der Waals surface area contributed by atoms with Crippen molar-refractivity contribution in [3.05, 3.63) is 18.2 Å². The smallest absolute Gasteiger partial charge is 0.321 e. The number of aliphatic carboxylic acids is 6. The molecule has 0 amide bonds. The summed E-state index contributed by atoms with van der Waals surface area (Å²) in [6, 6.07) is -3.92. The van der Waals surface area contributed by atoms with Crippen LogP contribution in [0.4, 0.5) is 0 Å². The van der Waals surface area contributed by atoms with Crippen LogP contribution in [0.2, 0.25) is 0 Å². The number of H-pyrrole nitrogens is 1. The van der Waals surface area contributed by atoms with Gasteiger partial charge >= 0.3 is 35.8 Å². The van der Waals surface area contributed by atoms with E-state index in [0.717, 1.165) is 18.5 Å². The van der Waals surface area contributed by atoms with Crippen molar-refractivity contribution in [2.45, 2.75) is 69.1 Å². The van der Waals surface area contributed by atoms with Gasteiger partial charge in [0.15, 0.2) is 0 Å². The molecule has 1 heterocycles. The lowest BCUT2D eigenvalue weighted by Gasteiger charge is -2.03. The maximum atomic E-state index is 10.3. The van der Waals surface area contributed by atoms with Crippen LogP contribution >= 0.6 is 0 Å². The summed E-state index contributed by atoms with van der Waals surface area (Å²) in [5.41, 5.74) is 26.3. The largest absolute Gasteiger partial charge is 0.481 e. The van der Waals surface area contributed by atoms with E-state index in [9.17, 15) is 28.8 Å². The van der Waals surface area contributed by atoms with Crippen LogP contribution < -0.4 is 28.7 Å². The Labute approximate surface area is 228 Å². The van der Waals surface area contributed by atoms with Gasteiger partial charge in [-0.15, -0.1) is 0 Å². The van der Waals surface area contributed by atoms with Gasteiger partial charge in [0, 0.05) is 24.7 Å². The Bertz CT molecular complexity index is 899. The van der Waals surface area contributed by atoms with Gasteiger partial charge in [0.1, 0.15) is 24.2 Å². The Kier molecular flexibility index (Phi) is 24.1. The molecule has 19 nitrogen and oxygen atoms in total. The Morgan fingerprint density at radius 3 is 1.50 bits per heavy atom. The zero-order valence-electron chi connectivity index (χ0n) is 21.6. The molecule has 0 spiro atoms. The zero-order chi connectivity index (χ0) is 31.8. The number of nitrogens with two attached hydrogens (primary N) is 5. The second-order valence-corrected chi connectivity index (χ2v) is 7.87. The molecule has 1 rings (SSSR count). The van der Waals surface area contributed by atoms with Crippen LogP contribution in [0, 0.1) is 0 Å². The summed E-state index contributed by atoms with van der Waals surface area (Å²) in [7, 11) is 0. The highest BCUT2D eigenvalue weighted by Crippen LogP contribution is 1.97. The molecule has 0 aromatic carbocycles. The molecule has 1 aromatic heterocycles. The van der Waals surface area contributed by atoms with Gasteiger partial charge in [0.05, 0.1) is 12.7 Å². The minimum absolute atomic E-state index is 0.0231. The molecule has 1 aromatic rings. The maximum absolute atomic E-state index is 10.3. The second kappa shape index (κ2) is 23.9. The molecule has 0 aliphatic carbocycles. The SMILES string of the molecule is NCCCC[C@H](N)C(=O)O.N[C@@H](CC(=O)O)C(=O)O.N[C@@H](CCC(=O)O)C(=O)O.N[C@@H](Cc1cnc[nH]1)C(=O)O. The first-order valence-corrected chi connectivity index (χ1v) is 11.5. The van der Waals surface area contributed by atoms with Crippen molar-refractivity contribution < 1.29 is 59.4 Å². The first-order valence-electron chi connectivity index (χ1n) is 11.5. The summed E-state index contributed by atoms with van der Waals surface area (Å²) in [5.74, 6) is -6.63. The van der Waals surface area contributed by atoms with Crippen LogP contribution in [0.5, 0.6) is 0 Å². The number of aromatic amines is 1. The summed E-state index contributed by atoms with van der Waals surface area (Å²) in [4.78, 5) is 66.4. The molecule has 0 saturated carbocycles. The molecule has 0 unspecified atom stereocenters. The predicted molar refractivity (Wildman–Crippen MR) is 137 cm³/mol. The molecule has 17 N–H and O–H groups in total. The Morgan fingerprint density at radius 2 is 1.18 bits per heavy atom. The molecule has 4 atom stereocenters. The second-order valence-electron chi connectivity index (χ2n) is 7.87. The van der Waals surface area contributed by atoms with Crippen LogP contribution in [-0.2, 0) is 35.2 Å². The number of aromatic nitrogens is 2. The summed E-state index contributed by atoms with van der Waals surface area (Å²) in [6.07, 6.45) is 4.74. The number of carboxylic acids is 6. The van der Waals surface area contributed by atoms with Crippen molar-refractivity contribution in [3.63, 3.8) is 0 Å². The van der Waals surface area contributed by atoms with Crippen LogP contribution in [0.1, 0.15) is 44.2 Å². The van der Waals surface area contributed by atoms with Crippen molar-refractivity contribution in [1.82, 2.24) is 9.97 Å². The van der Waals surface area contributed by atoms with Crippen LogP contribution in [0.3, 0.4) is 0 Å². The van der Waals surface area contributed by atoms with Gasteiger partial charge in [-0.2, -0.15) is 0 Å². The van der Waals surface area contributed by atoms with E-state index in [4.69, 9.17) is 59.3 Å². The molecule has 0 radical (unpaired) electrons. The van der Waals surface area contributed by atoms with E-state index < -0.39 is 66.4 Å². The fraction of sp³-hybridized carbons (Fsp3) is 0.571. The van der Waals surface area contributed by atoms with E-state index in [0.29, 0.717) is 13.0 Å². The quantitative estimate of drug-likeness (QED) is 0.0919. The van der Waals surface area contributed by atoms with Crippen molar-refractivity contribution in [2.24, 2.45) is 28.7 Å². The van der Waals surface area contributed by atoms with Crippen molar-refractivity contribution in [1.29, 1.82) is 0 Å².